The molecule has 2 aromatic heterocycles. The van der Waals surface area contributed by atoms with Crippen LogP contribution in [0.25, 0.3) is 0 Å². The average Bonchev–Trinajstić information content (AvgIpc) is 2.40. The molecule has 2 aromatic rings. The highest BCUT2D eigenvalue weighted by atomic mass is 15.2. The summed E-state index contributed by atoms with van der Waals surface area (Å²) in [6, 6.07) is 5.63. The molecule has 0 saturated carbocycles. The van der Waals surface area contributed by atoms with E-state index in [2.05, 4.69) is 20.3 Å². The molecule has 0 spiro atoms. The van der Waals surface area contributed by atoms with Crippen LogP contribution >= 0.6 is 0 Å². The zero-order valence-electron chi connectivity index (χ0n) is 9.91. The van der Waals surface area contributed by atoms with E-state index in [4.69, 9.17) is 5.26 Å². The van der Waals surface area contributed by atoms with Crippen molar-refractivity contribution >= 4 is 11.6 Å². The van der Waals surface area contributed by atoms with Crippen molar-refractivity contribution < 1.29 is 0 Å². The summed E-state index contributed by atoms with van der Waals surface area (Å²) in [6.45, 7) is 0.714. The van der Waals surface area contributed by atoms with Crippen LogP contribution in [0.5, 0.6) is 0 Å². The molecule has 1 N–H and O–H groups in total. The first-order valence-electron chi connectivity index (χ1n) is 5.37. The molecule has 90 valence electrons. The Morgan fingerprint density at radius 1 is 1.33 bits per heavy atom. The summed E-state index contributed by atoms with van der Waals surface area (Å²) < 4.78 is 0. The van der Waals surface area contributed by atoms with Crippen LogP contribution in [-0.4, -0.2) is 22.0 Å². The molecule has 2 rings (SSSR count). The first-order chi connectivity index (χ1) is 8.79. The number of pyridine rings is 1. The van der Waals surface area contributed by atoms with Gasteiger partial charge in [0.05, 0.1) is 0 Å². The molecular formula is C12H12N6. The van der Waals surface area contributed by atoms with Crippen molar-refractivity contribution in [2.45, 2.75) is 6.54 Å². The van der Waals surface area contributed by atoms with Crippen molar-refractivity contribution in [1.29, 1.82) is 5.26 Å². The minimum atomic E-state index is 0.490. The van der Waals surface area contributed by atoms with E-state index in [-0.39, 0.29) is 0 Å². The van der Waals surface area contributed by atoms with Gasteiger partial charge in [0.2, 0.25) is 0 Å². The van der Waals surface area contributed by atoms with Crippen LogP contribution in [0, 0.1) is 11.5 Å². The molecule has 0 atom stereocenters. The molecule has 2 heterocycles. The van der Waals surface area contributed by atoms with Gasteiger partial charge in [-0.3, -0.25) is 10.3 Å². The molecule has 0 aliphatic heterocycles. The van der Waals surface area contributed by atoms with E-state index in [1.165, 1.54) is 6.33 Å². The van der Waals surface area contributed by atoms with Gasteiger partial charge >= 0.3 is 0 Å². The van der Waals surface area contributed by atoms with Crippen molar-refractivity contribution in [1.82, 2.24) is 15.0 Å². The zero-order chi connectivity index (χ0) is 12.8. The standard InChI is InChI=1S/C12H12N6/c1-18(7-10-2-4-14-5-3-10)12-6-11(15-8-13)16-9-17-12/h2-6,9H,7H2,1H3,(H,15,16,17). The molecule has 6 heteroatoms. The van der Waals surface area contributed by atoms with Gasteiger partial charge in [0, 0.05) is 32.1 Å². The lowest BCUT2D eigenvalue weighted by atomic mass is 10.2. The molecule has 0 radical (unpaired) electrons. The van der Waals surface area contributed by atoms with Crippen LogP contribution in [0.4, 0.5) is 11.6 Å². The van der Waals surface area contributed by atoms with Gasteiger partial charge in [0.15, 0.2) is 6.19 Å². The quantitative estimate of drug-likeness (QED) is 0.643. The van der Waals surface area contributed by atoms with Crippen molar-refractivity contribution in [3.05, 3.63) is 42.5 Å². The number of hydrogen-bond donors (Lipinski definition) is 1. The van der Waals surface area contributed by atoms with E-state index >= 15 is 0 Å². The highest BCUT2D eigenvalue weighted by Crippen LogP contribution is 2.14. The van der Waals surface area contributed by atoms with Crippen molar-refractivity contribution in [3.63, 3.8) is 0 Å². The normalized spacial score (nSPS) is 9.56. The molecule has 0 aliphatic rings. The summed E-state index contributed by atoms with van der Waals surface area (Å²) >= 11 is 0. The van der Waals surface area contributed by atoms with Crippen LogP contribution < -0.4 is 10.2 Å². The number of hydrogen-bond acceptors (Lipinski definition) is 6. The zero-order valence-corrected chi connectivity index (χ0v) is 9.91. The van der Waals surface area contributed by atoms with Crippen LogP contribution in [0.1, 0.15) is 5.56 Å². The first kappa shape index (κ1) is 11.8. The van der Waals surface area contributed by atoms with Crippen molar-refractivity contribution in [2.24, 2.45) is 0 Å². The molecule has 0 bridgehead atoms. The van der Waals surface area contributed by atoms with Gasteiger partial charge in [-0.15, -0.1) is 0 Å². The number of rotatable bonds is 4. The molecule has 0 fully saturated rings. The maximum atomic E-state index is 8.54. The van der Waals surface area contributed by atoms with Gasteiger partial charge in [0.1, 0.15) is 18.0 Å². The topological polar surface area (TPSA) is 77.7 Å². The molecule has 0 saturated heterocycles. The molecule has 0 aromatic carbocycles. The summed E-state index contributed by atoms with van der Waals surface area (Å²) in [5, 5.41) is 11.0. The summed E-state index contributed by atoms with van der Waals surface area (Å²) in [7, 11) is 1.93. The van der Waals surface area contributed by atoms with E-state index in [1.54, 1.807) is 18.5 Å². The Hall–Kier alpha value is -2.68. The molecule has 18 heavy (non-hydrogen) atoms. The van der Waals surface area contributed by atoms with Gasteiger partial charge < -0.3 is 4.90 Å². The third-order valence-electron chi connectivity index (χ3n) is 2.40. The average molecular weight is 240 g/mol. The molecule has 0 unspecified atom stereocenters. The van der Waals surface area contributed by atoms with Crippen molar-refractivity contribution in [3.8, 4) is 6.19 Å². The lowest BCUT2D eigenvalue weighted by Crippen LogP contribution is -2.18. The predicted octanol–water partition coefficient (Wildman–Crippen LogP) is 1.40. The highest BCUT2D eigenvalue weighted by Gasteiger charge is 2.05. The second kappa shape index (κ2) is 5.59. The molecule has 0 amide bonds. The second-order valence-corrected chi connectivity index (χ2v) is 3.71. The third kappa shape index (κ3) is 2.92. The summed E-state index contributed by atoms with van der Waals surface area (Å²) in [6.07, 6.45) is 6.77. The van der Waals surface area contributed by atoms with Crippen LogP contribution in [-0.2, 0) is 6.54 Å². The van der Waals surface area contributed by atoms with Crippen LogP contribution in [0.3, 0.4) is 0 Å². The lowest BCUT2D eigenvalue weighted by Gasteiger charge is -2.18. The molecule has 0 aliphatic carbocycles. The van der Waals surface area contributed by atoms with Gasteiger partial charge in [-0.1, -0.05) is 0 Å². The van der Waals surface area contributed by atoms with Gasteiger partial charge in [-0.25, -0.2) is 9.97 Å². The second-order valence-electron chi connectivity index (χ2n) is 3.71. The minimum absolute atomic E-state index is 0.490. The SMILES string of the molecule is CN(Cc1ccncc1)c1cc(NC#N)ncn1. The summed E-state index contributed by atoms with van der Waals surface area (Å²) in [5.41, 5.74) is 1.14. The van der Waals surface area contributed by atoms with Crippen LogP contribution in [0.2, 0.25) is 0 Å². The monoisotopic (exact) mass is 240 g/mol. The van der Waals surface area contributed by atoms with E-state index in [9.17, 15) is 0 Å². The van der Waals surface area contributed by atoms with Crippen molar-refractivity contribution in [2.75, 3.05) is 17.3 Å². The fourth-order valence-electron chi connectivity index (χ4n) is 1.52. The first-order valence-corrected chi connectivity index (χ1v) is 5.37. The van der Waals surface area contributed by atoms with Crippen LogP contribution in [0.15, 0.2) is 36.9 Å². The van der Waals surface area contributed by atoms with Gasteiger partial charge in [-0.2, -0.15) is 5.26 Å². The predicted molar refractivity (Wildman–Crippen MR) is 67.6 cm³/mol. The highest BCUT2D eigenvalue weighted by molar-refractivity contribution is 5.49. The minimum Gasteiger partial charge on any atom is -0.355 e. The van der Waals surface area contributed by atoms with E-state index in [0.29, 0.717) is 12.4 Å². The fourth-order valence-corrected chi connectivity index (χ4v) is 1.52. The Balaban J connectivity index is 2.11. The molecular weight excluding hydrogens is 228 g/mol. The van der Waals surface area contributed by atoms with Gasteiger partial charge in [-0.05, 0) is 17.7 Å². The number of nitriles is 1. The molecule has 6 nitrogen and oxygen atoms in total. The fraction of sp³-hybridized carbons (Fsp3) is 0.167. The number of aromatic nitrogens is 3. The van der Waals surface area contributed by atoms with E-state index < -0.39 is 0 Å². The Morgan fingerprint density at radius 3 is 2.83 bits per heavy atom. The largest absolute Gasteiger partial charge is 0.355 e. The number of anilines is 2. The Bertz CT molecular complexity index is 548. The number of nitrogens with zero attached hydrogens (tertiary/aromatic N) is 5. The smallest absolute Gasteiger partial charge is 0.182 e. The van der Waals surface area contributed by atoms with E-state index in [0.717, 1.165) is 11.4 Å². The number of nitrogens with one attached hydrogen (secondary N) is 1. The Kier molecular flexibility index (Phi) is 3.66. The summed E-state index contributed by atoms with van der Waals surface area (Å²) in [5.74, 6) is 1.24. The van der Waals surface area contributed by atoms with E-state index in [1.807, 2.05) is 30.3 Å². The Morgan fingerprint density at radius 2 is 2.11 bits per heavy atom. The summed E-state index contributed by atoms with van der Waals surface area (Å²) in [4.78, 5) is 14.1. The van der Waals surface area contributed by atoms with Gasteiger partial charge in [0.25, 0.3) is 0 Å². The maximum absolute atomic E-state index is 8.54. The lowest BCUT2D eigenvalue weighted by molar-refractivity contribution is 0.889. The maximum Gasteiger partial charge on any atom is 0.182 e. The Labute approximate surface area is 105 Å². The third-order valence-corrected chi connectivity index (χ3v) is 2.40.